The van der Waals surface area contributed by atoms with Crippen LogP contribution in [0.3, 0.4) is 0 Å². The molecular formula is C12H17NO3S. The van der Waals surface area contributed by atoms with Crippen molar-refractivity contribution in [2.75, 3.05) is 13.1 Å². The van der Waals surface area contributed by atoms with Gasteiger partial charge in [-0.3, -0.25) is 0 Å². The molecule has 0 aliphatic carbocycles. The molecule has 1 heterocycles. The summed E-state index contributed by atoms with van der Waals surface area (Å²) in [5.74, 6) is 0.267. The highest BCUT2D eigenvalue weighted by Gasteiger charge is 2.32. The van der Waals surface area contributed by atoms with Crippen molar-refractivity contribution in [2.24, 2.45) is 5.92 Å². The molecule has 1 aliphatic rings. The topological polar surface area (TPSA) is 57.6 Å². The zero-order valence-corrected chi connectivity index (χ0v) is 10.7. The number of hydrogen-bond donors (Lipinski definition) is 1. The van der Waals surface area contributed by atoms with Crippen LogP contribution in [0.2, 0.25) is 0 Å². The first-order valence-corrected chi connectivity index (χ1v) is 7.28. The molecule has 1 atom stereocenters. The lowest BCUT2D eigenvalue weighted by atomic mass is 10.1. The minimum atomic E-state index is -3.53. The van der Waals surface area contributed by atoms with Crippen LogP contribution >= 0.6 is 0 Å². The van der Waals surface area contributed by atoms with Crippen molar-refractivity contribution < 1.29 is 13.5 Å². The summed E-state index contributed by atoms with van der Waals surface area (Å²) in [4.78, 5) is 0.0109. The zero-order chi connectivity index (χ0) is 12.5. The lowest BCUT2D eigenvalue weighted by Gasteiger charge is -2.17. The maximum absolute atomic E-state index is 12.3. The summed E-state index contributed by atoms with van der Waals surface area (Å²) in [5, 5.41) is 9.62. The van der Waals surface area contributed by atoms with Crippen LogP contribution in [0.1, 0.15) is 19.8 Å². The summed E-state index contributed by atoms with van der Waals surface area (Å²) in [6.07, 6.45) is 1.90. The molecule has 1 fully saturated rings. The van der Waals surface area contributed by atoms with Crippen molar-refractivity contribution in [3.8, 4) is 5.75 Å². The third kappa shape index (κ3) is 2.30. The molecular weight excluding hydrogens is 238 g/mol. The third-order valence-corrected chi connectivity index (χ3v) is 5.22. The highest BCUT2D eigenvalue weighted by molar-refractivity contribution is 7.89. The molecule has 2 rings (SSSR count). The van der Waals surface area contributed by atoms with E-state index in [1.165, 1.54) is 16.4 Å². The van der Waals surface area contributed by atoms with Gasteiger partial charge in [0.15, 0.2) is 0 Å². The summed E-state index contributed by atoms with van der Waals surface area (Å²) >= 11 is 0. The minimum absolute atomic E-state index is 0.0109. The van der Waals surface area contributed by atoms with Crippen LogP contribution in [0.5, 0.6) is 5.75 Å². The van der Waals surface area contributed by atoms with Crippen LogP contribution < -0.4 is 0 Å². The fourth-order valence-electron chi connectivity index (χ4n) is 2.16. The Bertz CT molecular complexity index is 498. The van der Waals surface area contributed by atoms with Crippen molar-refractivity contribution in [3.63, 3.8) is 0 Å². The number of phenolic OH excluding ortho intramolecular Hbond substituents is 1. The summed E-state index contributed by atoms with van der Waals surface area (Å²) in [7, 11) is -3.53. The molecule has 1 aliphatic heterocycles. The first-order valence-electron chi connectivity index (χ1n) is 5.84. The maximum atomic E-state index is 12.3. The highest BCUT2D eigenvalue weighted by atomic mass is 32.2. The average Bonchev–Trinajstić information content (AvgIpc) is 2.78. The van der Waals surface area contributed by atoms with Gasteiger partial charge < -0.3 is 5.11 Å². The predicted octanol–water partition coefficient (Wildman–Crippen LogP) is 1.81. The number of hydrogen-bond acceptors (Lipinski definition) is 3. The molecule has 1 unspecified atom stereocenters. The van der Waals surface area contributed by atoms with Crippen molar-refractivity contribution in [2.45, 2.75) is 24.7 Å². The van der Waals surface area contributed by atoms with Crippen molar-refractivity contribution in [1.29, 1.82) is 0 Å². The first-order chi connectivity index (χ1) is 8.05. The number of phenols is 1. The van der Waals surface area contributed by atoms with E-state index in [9.17, 15) is 13.5 Å². The van der Waals surface area contributed by atoms with Gasteiger partial charge >= 0.3 is 0 Å². The Morgan fingerprint density at radius 2 is 2.12 bits per heavy atom. The fourth-order valence-corrected chi connectivity index (χ4v) is 3.78. The van der Waals surface area contributed by atoms with E-state index in [0.717, 1.165) is 12.8 Å². The smallest absolute Gasteiger partial charge is 0.246 e. The van der Waals surface area contributed by atoms with Gasteiger partial charge in [-0.2, -0.15) is 4.31 Å². The van der Waals surface area contributed by atoms with E-state index in [-0.39, 0.29) is 10.6 Å². The largest absolute Gasteiger partial charge is 0.507 e. The van der Waals surface area contributed by atoms with Crippen molar-refractivity contribution in [3.05, 3.63) is 24.3 Å². The summed E-state index contributed by atoms with van der Waals surface area (Å²) in [5.41, 5.74) is 0. The SMILES string of the molecule is CCC1CCN(S(=O)(=O)c2ccccc2O)C1. The monoisotopic (exact) mass is 255 g/mol. The molecule has 1 aromatic rings. The van der Waals surface area contributed by atoms with E-state index in [1.54, 1.807) is 12.1 Å². The fraction of sp³-hybridized carbons (Fsp3) is 0.500. The Kier molecular flexibility index (Phi) is 3.40. The zero-order valence-electron chi connectivity index (χ0n) is 9.83. The molecule has 0 amide bonds. The van der Waals surface area contributed by atoms with E-state index in [2.05, 4.69) is 6.92 Å². The van der Waals surface area contributed by atoms with Gasteiger partial charge in [-0.05, 0) is 24.5 Å². The number of rotatable bonds is 3. The molecule has 0 aromatic heterocycles. The Labute approximate surface area is 102 Å². The Balaban J connectivity index is 2.29. The predicted molar refractivity (Wildman–Crippen MR) is 65.3 cm³/mol. The molecule has 94 valence electrons. The molecule has 0 radical (unpaired) electrons. The summed E-state index contributed by atoms with van der Waals surface area (Å²) in [6, 6.07) is 6.09. The number of nitrogens with zero attached hydrogens (tertiary/aromatic N) is 1. The number of aromatic hydroxyl groups is 1. The molecule has 0 saturated carbocycles. The van der Waals surface area contributed by atoms with Crippen molar-refractivity contribution >= 4 is 10.0 Å². The second-order valence-corrected chi connectivity index (χ2v) is 6.30. The maximum Gasteiger partial charge on any atom is 0.246 e. The van der Waals surface area contributed by atoms with Crippen LogP contribution in [0.25, 0.3) is 0 Å². The quantitative estimate of drug-likeness (QED) is 0.896. The lowest BCUT2D eigenvalue weighted by Crippen LogP contribution is -2.28. The van der Waals surface area contributed by atoms with E-state index in [1.807, 2.05) is 0 Å². The molecule has 17 heavy (non-hydrogen) atoms. The Hall–Kier alpha value is -1.07. The summed E-state index contributed by atoms with van der Waals surface area (Å²) in [6.45, 7) is 3.18. The van der Waals surface area contributed by atoms with Gasteiger partial charge in [0.1, 0.15) is 10.6 Å². The Morgan fingerprint density at radius 3 is 2.71 bits per heavy atom. The van der Waals surface area contributed by atoms with Crippen LogP contribution in [0, 0.1) is 5.92 Å². The second-order valence-electron chi connectivity index (χ2n) is 4.39. The van der Waals surface area contributed by atoms with Crippen LogP contribution in [-0.4, -0.2) is 30.9 Å². The normalized spacial score (nSPS) is 21.8. The van der Waals surface area contributed by atoms with Gasteiger partial charge in [0.2, 0.25) is 10.0 Å². The average molecular weight is 255 g/mol. The van der Waals surface area contributed by atoms with Gasteiger partial charge in [-0.1, -0.05) is 25.5 Å². The molecule has 0 spiro atoms. The second kappa shape index (κ2) is 4.66. The van der Waals surface area contributed by atoms with E-state index in [0.29, 0.717) is 19.0 Å². The standard InChI is InChI=1S/C12H17NO3S/c1-2-10-7-8-13(9-10)17(15,16)12-6-4-3-5-11(12)14/h3-6,10,14H,2,7-9H2,1H3. The van der Waals surface area contributed by atoms with Crippen molar-refractivity contribution in [1.82, 2.24) is 4.31 Å². The number of para-hydroxylation sites is 1. The van der Waals surface area contributed by atoms with Crippen LogP contribution in [0.4, 0.5) is 0 Å². The number of benzene rings is 1. The third-order valence-electron chi connectivity index (χ3n) is 3.31. The van der Waals surface area contributed by atoms with Gasteiger partial charge in [0, 0.05) is 13.1 Å². The van der Waals surface area contributed by atoms with Gasteiger partial charge in [0.25, 0.3) is 0 Å². The van der Waals surface area contributed by atoms with Crippen LogP contribution in [-0.2, 0) is 10.0 Å². The van der Waals surface area contributed by atoms with E-state index in [4.69, 9.17) is 0 Å². The lowest BCUT2D eigenvalue weighted by molar-refractivity contribution is 0.434. The molecule has 4 nitrogen and oxygen atoms in total. The van der Waals surface area contributed by atoms with E-state index >= 15 is 0 Å². The Morgan fingerprint density at radius 1 is 1.41 bits per heavy atom. The molecule has 5 heteroatoms. The van der Waals surface area contributed by atoms with Gasteiger partial charge in [-0.15, -0.1) is 0 Å². The molecule has 1 saturated heterocycles. The van der Waals surface area contributed by atoms with E-state index < -0.39 is 10.0 Å². The van der Waals surface area contributed by atoms with Gasteiger partial charge in [0.05, 0.1) is 0 Å². The molecule has 1 aromatic carbocycles. The number of sulfonamides is 1. The first kappa shape index (κ1) is 12.4. The van der Waals surface area contributed by atoms with Gasteiger partial charge in [-0.25, -0.2) is 8.42 Å². The summed E-state index contributed by atoms with van der Waals surface area (Å²) < 4.78 is 26.0. The minimum Gasteiger partial charge on any atom is -0.507 e. The van der Waals surface area contributed by atoms with Crippen LogP contribution in [0.15, 0.2) is 29.2 Å². The highest BCUT2D eigenvalue weighted by Crippen LogP contribution is 2.29. The molecule has 1 N–H and O–H groups in total. The molecule has 0 bridgehead atoms.